The van der Waals surface area contributed by atoms with Crippen LogP contribution < -0.4 is 15.6 Å². The molecule has 1 saturated carbocycles. The lowest BCUT2D eigenvalue weighted by molar-refractivity contribution is 0.146. The van der Waals surface area contributed by atoms with Gasteiger partial charge in [-0.05, 0) is 36.6 Å². The predicted molar refractivity (Wildman–Crippen MR) is 135 cm³/mol. The third kappa shape index (κ3) is 5.33. The molecular weight excluding hydrogens is 442 g/mol. The van der Waals surface area contributed by atoms with Gasteiger partial charge in [0.15, 0.2) is 0 Å². The molecule has 0 unspecified atom stereocenters. The van der Waals surface area contributed by atoms with Crippen LogP contribution in [0.1, 0.15) is 42.9 Å². The molecule has 3 heterocycles. The van der Waals surface area contributed by atoms with Crippen molar-refractivity contribution in [2.45, 2.75) is 38.1 Å². The fourth-order valence-electron chi connectivity index (χ4n) is 4.58. The Morgan fingerprint density at radius 2 is 1.86 bits per heavy atom. The van der Waals surface area contributed by atoms with E-state index >= 15 is 0 Å². The zero-order valence-corrected chi connectivity index (χ0v) is 19.8. The first-order valence-corrected chi connectivity index (χ1v) is 12.0. The second kappa shape index (κ2) is 10.7. The highest BCUT2D eigenvalue weighted by Crippen LogP contribution is 2.31. The lowest BCUT2D eigenvalue weighted by Crippen LogP contribution is -2.28. The summed E-state index contributed by atoms with van der Waals surface area (Å²) >= 11 is 0. The van der Waals surface area contributed by atoms with Crippen LogP contribution in [0.2, 0.25) is 0 Å². The predicted octanol–water partition coefficient (Wildman–Crippen LogP) is 4.66. The van der Waals surface area contributed by atoms with Gasteiger partial charge in [0.2, 0.25) is 5.95 Å². The topological polar surface area (TPSA) is 91.2 Å². The molecule has 180 valence electrons. The first-order valence-electron chi connectivity index (χ1n) is 12.0. The van der Waals surface area contributed by atoms with E-state index in [2.05, 4.69) is 15.3 Å². The van der Waals surface area contributed by atoms with Crippen molar-refractivity contribution in [3.63, 3.8) is 0 Å². The molecule has 1 aromatic carbocycles. The van der Waals surface area contributed by atoms with Crippen LogP contribution >= 0.6 is 0 Å². The Kier molecular flexibility index (Phi) is 6.99. The van der Waals surface area contributed by atoms with Crippen LogP contribution in [0.15, 0.2) is 65.7 Å². The maximum Gasteiger partial charge on any atom is 0.256 e. The highest BCUT2D eigenvalue weighted by molar-refractivity contribution is 5.76. The van der Waals surface area contributed by atoms with Crippen LogP contribution in [0.4, 0.5) is 11.8 Å². The van der Waals surface area contributed by atoms with Crippen LogP contribution in [-0.2, 0) is 11.2 Å². The molecule has 0 atom stereocenters. The third-order valence-corrected chi connectivity index (χ3v) is 6.31. The van der Waals surface area contributed by atoms with Crippen molar-refractivity contribution in [3.05, 3.63) is 82.4 Å². The standard InChI is InChI=1S/C27H29N5O3/c1-34-13-14-35-23-11-12-24(28-18-23)30-27-29-17-21-16-20(15-19-7-3-2-4-8-19)26(33)32(25(21)31-27)22-9-5-6-10-22/h2-4,7-8,11-12,16-18,22H,5-6,9-10,13-15H2,1H3,(H,28,29,30,31). The van der Waals surface area contributed by atoms with E-state index in [9.17, 15) is 4.79 Å². The summed E-state index contributed by atoms with van der Waals surface area (Å²) in [4.78, 5) is 27.3. The monoisotopic (exact) mass is 471 g/mol. The number of anilines is 2. The molecule has 0 spiro atoms. The number of hydrogen-bond donors (Lipinski definition) is 1. The molecule has 0 saturated heterocycles. The van der Waals surface area contributed by atoms with Crippen LogP contribution in [0.3, 0.4) is 0 Å². The second-order valence-corrected chi connectivity index (χ2v) is 8.76. The van der Waals surface area contributed by atoms with Gasteiger partial charge in [-0.1, -0.05) is 43.2 Å². The number of aromatic nitrogens is 4. The molecule has 1 aliphatic rings. The van der Waals surface area contributed by atoms with Gasteiger partial charge in [0.25, 0.3) is 5.56 Å². The molecule has 1 N–H and O–H groups in total. The van der Waals surface area contributed by atoms with Crippen molar-refractivity contribution >= 4 is 22.8 Å². The van der Waals surface area contributed by atoms with Gasteiger partial charge in [-0.25, -0.2) is 9.97 Å². The summed E-state index contributed by atoms with van der Waals surface area (Å²) in [5.74, 6) is 1.66. The quantitative estimate of drug-likeness (QED) is 0.355. The zero-order valence-electron chi connectivity index (χ0n) is 19.8. The van der Waals surface area contributed by atoms with Gasteiger partial charge in [-0.15, -0.1) is 0 Å². The Morgan fingerprint density at radius 3 is 2.60 bits per heavy atom. The number of rotatable bonds is 9. The second-order valence-electron chi connectivity index (χ2n) is 8.76. The Hall–Kier alpha value is -3.78. The molecule has 4 aromatic rings. The molecular formula is C27H29N5O3. The molecule has 3 aromatic heterocycles. The fourth-order valence-corrected chi connectivity index (χ4v) is 4.58. The molecule has 8 heteroatoms. The summed E-state index contributed by atoms with van der Waals surface area (Å²) in [6, 6.07) is 15.8. The van der Waals surface area contributed by atoms with Gasteiger partial charge in [-0.2, -0.15) is 4.98 Å². The normalized spacial score (nSPS) is 13.9. The van der Waals surface area contributed by atoms with E-state index in [4.69, 9.17) is 14.5 Å². The summed E-state index contributed by atoms with van der Waals surface area (Å²) < 4.78 is 12.5. The van der Waals surface area contributed by atoms with Crippen molar-refractivity contribution in [1.29, 1.82) is 0 Å². The van der Waals surface area contributed by atoms with Gasteiger partial charge in [-0.3, -0.25) is 9.36 Å². The number of methoxy groups -OCH3 is 1. The van der Waals surface area contributed by atoms with Crippen molar-refractivity contribution in [2.24, 2.45) is 0 Å². The van der Waals surface area contributed by atoms with E-state index in [1.165, 1.54) is 0 Å². The van der Waals surface area contributed by atoms with Crippen LogP contribution in [0, 0.1) is 0 Å². The number of ether oxygens (including phenoxy) is 2. The highest BCUT2D eigenvalue weighted by Gasteiger charge is 2.23. The number of fused-ring (bicyclic) bond motifs is 1. The van der Waals surface area contributed by atoms with E-state index in [1.807, 2.05) is 53.1 Å². The summed E-state index contributed by atoms with van der Waals surface area (Å²) in [7, 11) is 1.63. The highest BCUT2D eigenvalue weighted by atomic mass is 16.5. The maximum absolute atomic E-state index is 13.6. The molecule has 0 radical (unpaired) electrons. The van der Waals surface area contributed by atoms with Crippen LogP contribution in [-0.4, -0.2) is 39.8 Å². The van der Waals surface area contributed by atoms with Gasteiger partial charge in [0.05, 0.1) is 12.8 Å². The summed E-state index contributed by atoms with van der Waals surface area (Å²) in [5, 5.41) is 4.02. The van der Waals surface area contributed by atoms with Gasteiger partial charge < -0.3 is 14.8 Å². The summed E-state index contributed by atoms with van der Waals surface area (Å²) in [5.41, 5.74) is 2.58. The minimum atomic E-state index is 0.0357. The van der Waals surface area contributed by atoms with Crippen molar-refractivity contribution in [1.82, 2.24) is 19.5 Å². The van der Waals surface area contributed by atoms with Crippen molar-refractivity contribution in [3.8, 4) is 5.75 Å². The number of hydrogen-bond acceptors (Lipinski definition) is 7. The molecule has 0 aliphatic heterocycles. The van der Waals surface area contributed by atoms with Crippen LogP contribution in [0.25, 0.3) is 11.0 Å². The molecule has 0 amide bonds. The first-order chi connectivity index (χ1) is 17.2. The van der Waals surface area contributed by atoms with E-state index in [0.29, 0.717) is 42.8 Å². The van der Waals surface area contributed by atoms with Gasteiger partial charge in [0, 0.05) is 36.7 Å². The average molecular weight is 472 g/mol. The lowest BCUT2D eigenvalue weighted by Gasteiger charge is -2.18. The lowest BCUT2D eigenvalue weighted by atomic mass is 10.0. The minimum Gasteiger partial charge on any atom is -0.490 e. The zero-order chi connectivity index (χ0) is 24.0. The van der Waals surface area contributed by atoms with E-state index in [-0.39, 0.29) is 11.6 Å². The fraction of sp³-hybridized carbons (Fsp3) is 0.333. The van der Waals surface area contributed by atoms with E-state index < -0.39 is 0 Å². The maximum atomic E-state index is 13.6. The Labute approximate surface area is 204 Å². The Bertz CT molecular complexity index is 1330. The third-order valence-electron chi connectivity index (χ3n) is 6.31. The minimum absolute atomic E-state index is 0.0357. The summed E-state index contributed by atoms with van der Waals surface area (Å²) in [6.07, 6.45) is 8.24. The number of pyridine rings is 2. The Balaban J connectivity index is 1.46. The number of nitrogens with zero attached hydrogens (tertiary/aromatic N) is 4. The van der Waals surface area contributed by atoms with E-state index in [0.717, 1.165) is 42.2 Å². The van der Waals surface area contributed by atoms with Gasteiger partial charge in [0.1, 0.15) is 23.8 Å². The molecule has 1 fully saturated rings. The molecule has 1 aliphatic carbocycles. The molecule has 8 nitrogen and oxygen atoms in total. The SMILES string of the molecule is COCCOc1ccc(Nc2ncc3cc(Cc4ccccc4)c(=O)n(C4CCCC4)c3n2)nc1. The summed E-state index contributed by atoms with van der Waals surface area (Å²) in [6.45, 7) is 0.977. The smallest absolute Gasteiger partial charge is 0.256 e. The van der Waals surface area contributed by atoms with Crippen molar-refractivity contribution < 1.29 is 9.47 Å². The van der Waals surface area contributed by atoms with Crippen molar-refractivity contribution in [2.75, 3.05) is 25.6 Å². The molecule has 5 rings (SSSR count). The number of benzene rings is 1. The van der Waals surface area contributed by atoms with E-state index in [1.54, 1.807) is 19.5 Å². The number of nitrogens with one attached hydrogen (secondary N) is 1. The van der Waals surface area contributed by atoms with Crippen LogP contribution in [0.5, 0.6) is 5.75 Å². The average Bonchev–Trinajstić information content (AvgIpc) is 3.41. The van der Waals surface area contributed by atoms with Gasteiger partial charge >= 0.3 is 0 Å². The molecule has 35 heavy (non-hydrogen) atoms. The Morgan fingerprint density at radius 1 is 1.03 bits per heavy atom. The molecule has 0 bridgehead atoms. The first kappa shape index (κ1) is 23.0. The largest absolute Gasteiger partial charge is 0.490 e.